The first-order chi connectivity index (χ1) is 5.13. The van der Waals surface area contributed by atoms with Crippen LogP contribution in [0.4, 0.5) is 0 Å². The van der Waals surface area contributed by atoms with E-state index in [1.54, 1.807) is 19.2 Å². The van der Waals surface area contributed by atoms with E-state index in [0.717, 1.165) is 5.56 Å². The second-order valence-corrected chi connectivity index (χ2v) is 2.45. The van der Waals surface area contributed by atoms with Gasteiger partial charge in [-0.3, -0.25) is 9.78 Å². The molecule has 0 saturated heterocycles. The molecule has 0 atom stereocenters. The Balaban J connectivity index is 3.32. The van der Waals surface area contributed by atoms with Crippen LogP contribution >= 0.6 is 0 Å². The van der Waals surface area contributed by atoms with Crippen LogP contribution in [0.1, 0.15) is 21.6 Å². The van der Waals surface area contributed by atoms with E-state index in [1.165, 1.54) is 0 Å². The molecule has 0 spiro atoms. The van der Waals surface area contributed by atoms with Crippen molar-refractivity contribution in [1.29, 1.82) is 0 Å². The number of amides is 1. The smallest absolute Gasteiger partial charge is 0.250 e. The molecule has 0 saturated carbocycles. The molecular formula is C8H10N2O. The van der Waals surface area contributed by atoms with Gasteiger partial charge in [0, 0.05) is 6.20 Å². The largest absolute Gasteiger partial charge is 0.366 e. The number of aryl methyl sites for hydroxylation is 2. The Kier molecular flexibility index (Phi) is 1.89. The van der Waals surface area contributed by atoms with Crippen LogP contribution in [0, 0.1) is 13.8 Å². The van der Waals surface area contributed by atoms with Gasteiger partial charge in [0.15, 0.2) is 0 Å². The second kappa shape index (κ2) is 2.70. The number of carbonyl (C=O) groups is 1. The molecule has 1 rings (SSSR count). The molecule has 3 heteroatoms. The van der Waals surface area contributed by atoms with Crippen molar-refractivity contribution in [1.82, 2.24) is 4.98 Å². The topological polar surface area (TPSA) is 56.0 Å². The van der Waals surface area contributed by atoms with Crippen LogP contribution in [0.3, 0.4) is 0 Å². The highest BCUT2D eigenvalue weighted by Crippen LogP contribution is 2.08. The van der Waals surface area contributed by atoms with Crippen molar-refractivity contribution in [3.05, 3.63) is 29.1 Å². The summed E-state index contributed by atoms with van der Waals surface area (Å²) in [5.41, 5.74) is 7.24. The Bertz CT molecular complexity index is 274. The van der Waals surface area contributed by atoms with Crippen molar-refractivity contribution in [2.45, 2.75) is 13.8 Å². The third-order valence-corrected chi connectivity index (χ3v) is 1.60. The van der Waals surface area contributed by atoms with Gasteiger partial charge >= 0.3 is 0 Å². The molecule has 0 unspecified atom stereocenters. The maximum atomic E-state index is 10.8. The van der Waals surface area contributed by atoms with Crippen molar-refractivity contribution in [2.75, 3.05) is 0 Å². The number of rotatable bonds is 1. The highest BCUT2D eigenvalue weighted by atomic mass is 16.1. The number of pyridine rings is 1. The maximum absolute atomic E-state index is 10.8. The first-order valence-corrected chi connectivity index (χ1v) is 3.35. The molecule has 1 aromatic rings. The molecule has 3 nitrogen and oxygen atoms in total. The minimum Gasteiger partial charge on any atom is -0.366 e. The summed E-state index contributed by atoms with van der Waals surface area (Å²) in [5.74, 6) is -0.409. The molecule has 1 amide bonds. The molecule has 11 heavy (non-hydrogen) atoms. The summed E-state index contributed by atoms with van der Waals surface area (Å²) < 4.78 is 0. The van der Waals surface area contributed by atoms with Crippen LogP contribution < -0.4 is 5.73 Å². The Labute approximate surface area is 65.2 Å². The summed E-state index contributed by atoms with van der Waals surface area (Å²) in [6.07, 6.45) is 1.66. The van der Waals surface area contributed by atoms with Gasteiger partial charge < -0.3 is 5.73 Å². The fraction of sp³-hybridized carbons (Fsp3) is 0.250. The van der Waals surface area contributed by atoms with E-state index in [4.69, 9.17) is 5.73 Å². The number of hydrogen-bond acceptors (Lipinski definition) is 2. The lowest BCUT2D eigenvalue weighted by molar-refractivity contribution is 0.0998. The van der Waals surface area contributed by atoms with Crippen LogP contribution in [-0.4, -0.2) is 10.9 Å². The quantitative estimate of drug-likeness (QED) is 0.643. The zero-order valence-corrected chi connectivity index (χ0v) is 6.59. The number of aromatic nitrogens is 1. The van der Waals surface area contributed by atoms with Gasteiger partial charge in [0.2, 0.25) is 0 Å². The molecule has 0 aliphatic heterocycles. The molecule has 0 aliphatic carbocycles. The van der Waals surface area contributed by atoms with Crippen LogP contribution in [0.2, 0.25) is 0 Å². The molecule has 0 bridgehead atoms. The maximum Gasteiger partial charge on any atom is 0.250 e. The minimum absolute atomic E-state index is 0.409. The molecule has 2 N–H and O–H groups in total. The van der Waals surface area contributed by atoms with E-state index in [9.17, 15) is 4.79 Å². The SMILES string of the molecule is Cc1ccnc(C)c1C(N)=O. The van der Waals surface area contributed by atoms with Crippen LogP contribution in [0.25, 0.3) is 0 Å². The van der Waals surface area contributed by atoms with Gasteiger partial charge in [-0.05, 0) is 25.5 Å². The number of nitrogens with zero attached hydrogens (tertiary/aromatic N) is 1. The lowest BCUT2D eigenvalue weighted by Crippen LogP contribution is -2.15. The fourth-order valence-electron chi connectivity index (χ4n) is 1.07. The Morgan fingerprint density at radius 1 is 1.55 bits per heavy atom. The molecule has 0 fully saturated rings. The van der Waals surface area contributed by atoms with E-state index in [1.807, 2.05) is 6.92 Å². The summed E-state index contributed by atoms with van der Waals surface area (Å²) >= 11 is 0. The summed E-state index contributed by atoms with van der Waals surface area (Å²) in [7, 11) is 0. The molecule has 0 aromatic carbocycles. The lowest BCUT2D eigenvalue weighted by atomic mass is 10.1. The Hall–Kier alpha value is -1.38. The van der Waals surface area contributed by atoms with Gasteiger partial charge in [-0.15, -0.1) is 0 Å². The number of nitrogens with two attached hydrogens (primary N) is 1. The van der Waals surface area contributed by atoms with Crippen molar-refractivity contribution >= 4 is 5.91 Å². The van der Waals surface area contributed by atoms with E-state index in [0.29, 0.717) is 11.3 Å². The van der Waals surface area contributed by atoms with E-state index < -0.39 is 5.91 Å². The third kappa shape index (κ3) is 1.37. The molecule has 1 heterocycles. The first-order valence-electron chi connectivity index (χ1n) is 3.35. The third-order valence-electron chi connectivity index (χ3n) is 1.60. The predicted molar refractivity (Wildman–Crippen MR) is 42.2 cm³/mol. The van der Waals surface area contributed by atoms with Crippen LogP contribution in [0.15, 0.2) is 12.3 Å². The van der Waals surface area contributed by atoms with Gasteiger partial charge in [-0.1, -0.05) is 0 Å². The molecule has 0 aliphatic rings. The standard InChI is InChI=1S/C8H10N2O/c1-5-3-4-10-6(2)7(5)8(9)11/h3-4H,1-2H3,(H2,9,11). The Morgan fingerprint density at radius 2 is 2.18 bits per heavy atom. The normalized spacial score (nSPS) is 9.64. The summed E-state index contributed by atoms with van der Waals surface area (Å²) in [5, 5.41) is 0. The minimum atomic E-state index is -0.409. The van der Waals surface area contributed by atoms with Crippen LogP contribution in [0.5, 0.6) is 0 Å². The molecular weight excluding hydrogens is 140 g/mol. The summed E-state index contributed by atoms with van der Waals surface area (Å²) in [4.78, 5) is 14.8. The van der Waals surface area contributed by atoms with Gasteiger partial charge in [-0.2, -0.15) is 0 Å². The summed E-state index contributed by atoms with van der Waals surface area (Å²) in [6, 6.07) is 1.77. The van der Waals surface area contributed by atoms with Crippen molar-refractivity contribution in [3.8, 4) is 0 Å². The number of carbonyl (C=O) groups excluding carboxylic acids is 1. The Morgan fingerprint density at radius 3 is 2.55 bits per heavy atom. The first kappa shape index (κ1) is 7.72. The molecule has 0 radical (unpaired) electrons. The van der Waals surface area contributed by atoms with Crippen LogP contribution in [-0.2, 0) is 0 Å². The zero-order chi connectivity index (χ0) is 8.43. The van der Waals surface area contributed by atoms with E-state index >= 15 is 0 Å². The van der Waals surface area contributed by atoms with Crippen molar-refractivity contribution in [2.24, 2.45) is 5.73 Å². The van der Waals surface area contributed by atoms with E-state index in [-0.39, 0.29) is 0 Å². The zero-order valence-electron chi connectivity index (χ0n) is 6.59. The average molecular weight is 150 g/mol. The highest BCUT2D eigenvalue weighted by Gasteiger charge is 2.07. The lowest BCUT2D eigenvalue weighted by Gasteiger charge is -2.02. The predicted octanol–water partition coefficient (Wildman–Crippen LogP) is 0.797. The van der Waals surface area contributed by atoms with Crippen molar-refractivity contribution < 1.29 is 4.79 Å². The molecule has 58 valence electrons. The molecule has 1 aromatic heterocycles. The number of hydrogen-bond donors (Lipinski definition) is 1. The monoisotopic (exact) mass is 150 g/mol. The number of primary amides is 1. The summed E-state index contributed by atoms with van der Waals surface area (Å²) in [6.45, 7) is 3.61. The van der Waals surface area contributed by atoms with Gasteiger partial charge in [0.25, 0.3) is 5.91 Å². The highest BCUT2D eigenvalue weighted by molar-refractivity contribution is 5.95. The second-order valence-electron chi connectivity index (χ2n) is 2.45. The van der Waals surface area contributed by atoms with Gasteiger partial charge in [-0.25, -0.2) is 0 Å². The van der Waals surface area contributed by atoms with Crippen molar-refractivity contribution in [3.63, 3.8) is 0 Å². The average Bonchev–Trinajstić information content (AvgIpc) is 1.85. The van der Waals surface area contributed by atoms with E-state index in [2.05, 4.69) is 4.98 Å². The van der Waals surface area contributed by atoms with Gasteiger partial charge in [0.1, 0.15) is 0 Å². The van der Waals surface area contributed by atoms with Gasteiger partial charge in [0.05, 0.1) is 11.3 Å². The fourth-order valence-corrected chi connectivity index (χ4v) is 1.07.